The molecule has 7 heteroatoms. The van der Waals surface area contributed by atoms with Gasteiger partial charge in [0.25, 0.3) is 0 Å². The Morgan fingerprint density at radius 3 is 2.19 bits per heavy atom. The smallest absolute Gasteiger partial charge is 0.194 e. The van der Waals surface area contributed by atoms with Crippen molar-refractivity contribution in [3.63, 3.8) is 0 Å². The number of aliphatic imine (C=N–C) groups is 1. The minimum absolute atomic E-state index is 0.318. The third kappa shape index (κ3) is 6.29. The highest BCUT2D eigenvalue weighted by Gasteiger charge is 2.08. The van der Waals surface area contributed by atoms with Gasteiger partial charge in [-0.1, -0.05) is 24.3 Å². The van der Waals surface area contributed by atoms with Crippen molar-refractivity contribution in [2.45, 2.75) is 24.9 Å². The number of sulfone groups is 1. The number of benzene rings is 2. The molecule has 2 rings (SSSR count). The number of guanidine groups is 1. The zero-order chi connectivity index (χ0) is 19.9. The zero-order valence-corrected chi connectivity index (χ0v) is 17.1. The van der Waals surface area contributed by atoms with Crippen LogP contribution < -0.4 is 10.1 Å². The number of hydrogen-bond donors (Lipinski definition) is 1. The van der Waals surface area contributed by atoms with Crippen LogP contribution in [0.2, 0.25) is 0 Å². The molecule has 0 aromatic heterocycles. The number of rotatable bonds is 7. The van der Waals surface area contributed by atoms with Crippen LogP contribution in [-0.2, 0) is 22.9 Å². The number of nitrogens with one attached hydrogen (secondary N) is 1. The Morgan fingerprint density at radius 2 is 1.67 bits per heavy atom. The minimum Gasteiger partial charge on any atom is -0.497 e. The van der Waals surface area contributed by atoms with Gasteiger partial charge in [-0.25, -0.2) is 13.4 Å². The van der Waals surface area contributed by atoms with E-state index in [1.807, 2.05) is 38.2 Å². The van der Waals surface area contributed by atoms with Crippen LogP contribution in [0.1, 0.15) is 18.1 Å². The number of nitrogens with zero attached hydrogens (tertiary/aromatic N) is 2. The van der Waals surface area contributed by atoms with Crippen molar-refractivity contribution < 1.29 is 13.2 Å². The second-order valence-electron chi connectivity index (χ2n) is 6.29. The molecule has 27 heavy (non-hydrogen) atoms. The Labute approximate surface area is 161 Å². The third-order valence-corrected chi connectivity index (χ3v) is 5.17. The molecule has 146 valence electrons. The molecular weight excluding hydrogens is 362 g/mol. The lowest BCUT2D eigenvalue weighted by Gasteiger charge is -2.22. The van der Waals surface area contributed by atoms with E-state index in [9.17, 15) is 8.42 Å². The standard InChI is InChI=1S/C20H27N3O3S/c1-5-21-20(23(2)15-17-6-10-18(26-3)11-7-17)22-14-16-8-12-19(13-9-16)27(4,24)25/h6-13H,5,14-15H2,1-4H3,(H,21,22). The summed E-state index contributed by atoms with van der Waals surface area (Å²) < 4.78 is 28.3. The molecule has 0 aliphatic carbocycles. The fourth-order valence-electron chi connectivity index (χ4n) is 2.56. The first-order valence-electron chi connectivity index (χ1n) is 8.75. The molecule has 0 aliphatic heterocycles. The molecule has 0 unspecified atom stereocenters. The monoisotopic (exact) mass is 389 g/mol. The van der Waals surface area contributed by atoms with E-state index >= 15 is 0 Å². The topological polar surface area (TPSA) is 71.0 Å². The Bertz CT molecular complexity index is 860. The van der Waals surface area contributed by atoms with Crippen molar-refractivity contribution in [3.05, 3.63) is 59.7 Å². The largest absolute Gasteiger partial charge is 0.497 e. The lowest BCUT2D eigenvalue weighted by molar-refractivity contribution is 0.414. The molecule has 0 atom stereocenters. The van der Waals surface area contributed by atoms with E-state index in [1.54, 1.807) is 31.4 Å². The highest BCUT2D eigenvalue weighted by molar-refractivity contribution is 7.90. The van der Waals surface area contributed by atoms with Gasteiger partial charge >= 0.3 is 0 Å². The maximum atomic E-state index is 11.5. The first kappa shape index (κ1) is 20.8. The van der Waals surface area contributed by atoms with Gasteiger partial charge in [0.05, 0.1) is 18.6 Å². The lowest BCUT2D eigenvalue weighted by Crippen LogP contribution is -2.38. The summed E-state index contributed by atoms with van der Waals surface area (Å²) in [5.74, 6) is 1.63. The Balaban J connectivity index is 2.07. The fraction of sp³-hybridized carbons (Fsp3) is 0.350. The highest BCUT2D eigenvalue weighted by Crippen LogP contribution is 2.13. The van der Waals surface area contributed by atoms with E-state index in [2.05, 4.69) is 15.2 Å². The average Bonchev–Trinajstić information content (AvgIpc) is 2.65. The van der Waals surface area contributed by atoms with Crippen molar-refractivity contribution >= 4 is 15.8 Å². The van der Waals surface area contributed by atoms with E-state index in [0.29, 0.717) is 18.0 Å². The molecule has 0 amide bonds. The van der Waals surface area contributed by atoms with Gasteiger partial charge in [0.2, 0.25) is 0 Å². The Morgan fingerprint density at radius 1 is 1.07 bits per heavy atom. The van der Waals surface area contributed by atoms with Crippen molar-refractivity contribution in [1.82, 2.24) is 10.2 Å². The number of hydrogen-bond acceptors (Lipinski definition) is 4. The molecular formula is C20H27N3O3S. The predicted molar refractivity (Wildman–Crippen MR) is 109 cm³/mol. The van der Waals surface area contributed by atoms with Crippen molar-refractivity contribution in [2.24, 2.45) is 4.99 Å². The van der Waals surface area contributed by atoms with Crippen LogP contribution in [0.5, 0.6) is 5.75 Å². The van der Waals surface area contributed by atoms with Crippen molar-refractivity contribution in [1.29, 1.82) is 0 Å². The lowest BCUT2D eigenvalue weighted by atomic mass is 10.2. The van der Waals surface area contributed by atoms with Crippen LogP contribution in [0, 0.1) is 0 Å². The Hall–Kier alpha value is -2.54. The molecule has 6 nitrogen and oxygen atoms in total. The molecule has 2 aromatic carbocycles. The second kappa shape index (κ2) is 9.41. The van der Waals surface area contributed by atoms with E-state index in [4.69, 9.17) is 4.74 Å². The van der Waals surface area contributed by atoms with Crippen molar-refractivity contribution in [2.75, 3.05) is 27.0 Å². The summed E-state index contributed by atoms with van der Waals surface area (Å²) >= 11 is 0. The van der Waals surface area contributed by atoms with Gasteiger partial charge in [0, 0.05) is 26.4 Å². The predicted octanol–water partition coefficient (Wildman–Crippen LogP) is 2.70. The van der Waals surface area contributed by atoms with Crippen LogP contribution in [0.4, 0.5) is 0 Å². The van der Waals surface area contributed by atoms with E-state index < -0.39 is 9.84 Å². The molecule has 0 radical (unpaired) electrons. The minimum atomic E-state index is -3.18. The van der Waals surface area contributed by atoms with Gasteiger partial charge in [-0.05, 0) is 42.3 Å². The molecule has 2 aromatic rings. The van der Waals surface area contributed by atoms with E-state index in [-0.39, 0.29) is 0 Å². The average molecular weight is 390 g/mol. The van der Waals surface area contributed by atoms with E-state index in [1.165, 1.54) is 6.26 Å². The Kier molecular flexibility index (Phi) is 7.24. The normalized spacial score (nSPS) is 11.9. The third-order valence-electron chi connectivity index (χ3n) is 4.04. The summed E-state index contributed by atoms with van der Waals surface area (Å²) in [7, 11) is 0.459. The van der Waals surface area contributed by atoms with E-state index in [0.717, 1.165) is 29.4 Å². The summed E-state index contributed by atoms with van der Waals surface area (Å²) in [6.45, 7) is 3.97. The van der Waals surface area contributed by atoms with Crippen molar-refractivity contribution in [3.8, 4) is 5.75 Å². The zero-order valence-electron chi connectivity index (χ0n) is 16.3. The van der Waals surface area contributed by atoms with Gasteiger partial charge in [0.15, 0.2) is 15.8 Å². The second-order valence-corrected chi connectivity index (χ2v) is 8.31. The summed E-state index contributed by atoms with van der Waals surface area (Å²) in [5.41, 5.74) is 2.11. The molecule has 0 heterocycles. The molecule has 1 N–H and O–H groups in total. The highest BCUT2D eigenvalue weighted by atomic mass is 32.2. The molecule has 0 saturated carbocycles. The molecule has 0 fully saturated rings. The maximum absolute atomic E-state index is 11.5. The van der Waals surface area contributed by atoms with Gasteiger partial charge in [-0.15, -0.1) is 0 Å². The summed E-state index contributed by atoms with van der Waals surface area (Å²) in [6.07, 6.45) is 1.21. The van der Waals surface area contributed by atoms with Crippen LogP contribution in [0.3, 0.4) is 0 Å². The number of methoxy groups -OCH3 is 1. The quantitative estimate of drug-likeness (QED) is 0.582. The summed E-state index contributed by atoms with van der Waals surface area (Å²) in [5, 5.41) is 3.29. The molecule has 0 saturated heterocycles. The summed E-state index contributed by atoms with van der Waals surface area (Å²) in [6, 6.07) is 14.8. The van der Waals surface area contributed by atoms with Gasteiger partial charge in [-0.3, -0.25) is 0 Å². The maximum Gasteiger partial charge on any atom is 0.194 e. The van der Waals surface area contributed by atoms with Crippen LogP contribution in [-0.4, -0.2) is 46.2 Å². The first-order valence-corrected chi connectivity index (χ1v) is 10.6. The first-order chi connectivity index (χ1) is 12.8. The number of ether oxygens (including phenoxy) is 1. The fourth-order valence-corrected chi connectivity index (χ4v) is 3.19. The van der Waals surface area contributed by atoms with Crippen LogP contribution >= 0.6 is 0 Å². The SMILES string of the molecule is CCNC(=NCc1ccc(S(C)(=O)=O)cc1)N(C)Cc1ccc(OC)cc1. The van der Waals surface area contributed by atoms with Gasteiger partial charge < -0.3 is 15.0 Å². The van der Waals surface area contributed by atoms with Gasteiger partial charge in [-0.2, -0.15) is 0 Å². The molecule has 0 aliphatic rings. The van der Waals surface area contributed by atoms with Gasteiger partial charge in [0.1, 0.15) is 5.75 Å². The summed E-state index contributed by atoms with van der Waals surface area (Å²) in [4.78, 5) is 7.03. The van der Waals surface area contributed by atoms with Crippen LogP contribution in [0.25, 0.3) is 0 Å². The van der Waals surface area contributed by atoms with Crippen LogP contribution in [0.15, 0.2) is 58.4 Å². The molecule has 0 bridgehead atoms. The molecule has 0 spiro atoms.